The molecule has 4 nitrogen and oxygen atoms in total. The molecule has 3 aliphatic rings. The molecule has 0 unspecified atom stereocenters. The topological polar surface area (TPSA) is 55.6 Å². The van der Waals surface area contributed by atoms with Crippen molar-refractivity contribution in [3.8, 4) is 0 Å². The van der Waals surface area contributed by atoms with Crippen molar-refractivity contribution in [1.29, 1.82) is 0 Å². The molecule has 2 N–H and O–H groups in total. The lowest BCUT2D eigenvalue weighted by molar-refractivity contribution is -0.169. The van der Waals surface area contributed by atoms with Crippen molar-refractivity contribution in [2.75, 3.05) is 26.7 Å². The minimum atomic E-state index is -0.368. The van der Waals surface area contributed by atoms with Gasteiger partial charge in [0.2, 0.25) is 5.91 Å². The van der Waals surface area contributed by atoms with Crippen LogP contribution in [0.3, 0.4) is 0 Å². The summed E-state index contributed by atoms with van der Waals surface area (Å²) in [6, 6.07) is 7.83. The second-order valence-electron chi connectivity index (χ2n) is 7.93. The fourth-order valence-corrected chi connectivity index (χ4v) is 5.16. The van der Waals surface area contributed by atoms with Gasteiger partial charge in [0.05, 0.1) is 0 Å². The number of nitrogens with zero attached hydrogens (tertiary/aromatic N) is 1. The zero-order valence-electron chi connectivity index (χ0n) is 14.5. The van der Waals surface area contributed by atoms with Gasteiger partial charge in [0.25, 0.3) is 0 Å². The van der Waals surface area contributed by atoms with E-state index in [1.165, 1.54) is 44.2 Å². The van der Waals surface area contributed by atoms with Crippen LogP contribution in [0.25, 0.3) is 0 Å². The Bertz CT molecular complexity index is 595. The van der Waals surface area contributed by atoms with Gasteiger partial charge in [-0.05, 0) is 49.3 Å². The van der Waals surface area contributed by atoms with Crippen LogP contribution in [0.5, 0.6) is 0 Å². The summed E-state index contributed by atoms with van der Waals surface area (Å²) in [5, 5.41) is 0. The number of nitrogens with two attached hydrogens (primary N) is 1. The highest BCUT2D eigenvalue weighted by molar-refractivity contribution is 5.92. The van der Waals surface area contributed by atoms with Crippen molar-refractivity contribution >= 4 is 5.91 Å². The molecule has 0 radical (unpaired) electrons. The summed E-state index contributed by atoms with van der Waals surface area (Å²) in [5.74, 6) is 1.64. The van der Waals surface area contributed by atoms with Crippen molar-refractivity contribution in [1.82, 2.24) is 4.90 Å². The maximum atomic E-state index is 11.4. The normalized spacial score (nSPS) is 33.4. The zero-order chi connectivity index (χ0) is 16.7. The predicted molar refractivity (Wildman–Crippen MR) is 93.6 cm³/mol. The Labute approximate surface area is 144 Å². The maximum absolute atomic E-state index is 11.4. The average molecular weight is 328 g/mol. The number of hydrogen-bond acceptors (Lipinski definition) is 3. The van der Waals surface area contributed by atoms with Gasteiger partial charge in [-0.3, -0.25) is 4.79 Å². The van der Waals surface area contributed by atoms with Gasteiger partial charge in [-0.25, -0.2) is 0 Å². The highest BCUT2D eigenvalue weighted by Crippen LogP contribution is 2.51. The van der Waals surface area contributed by atoms with Gasteiger partial charge in [0.15, 0.2) is 0 Å². The largest absolute Gasteiger partial charge is 0.373 e. The molecule has 2 aliphatic carbocycles. The van der Waals surface area contributed by atoms with Crippen LogP contribution in [0.4, 0.5) is 0 Å². The molecule has 0 aromatic heterocycles. The number of amides is 1. The standard InChI is InChI=1S/C20H28N2O2/c1-24-20(16-9-7-15(8-10-16)19(21)23)17-3-2-4-18(20)13-22(12-17)11-14-5-6-14/h7-10,14,17-18H,2-6,11-13H2,1H3,(H2,21,23)/t17-,18+,20-. The van der Waals surface area contributed by atoms with E-state index in [0.29, 0.717) is 17.4 Å². The maximum Gasteiger partial charge on any atom is 0.248 e. The summed E-state index contributed by atoms with van der Waals surface area (Å²) < 4.78 is 6.26. The molecule has 1 aromatic rings. The van der Waals surface area contributed by atoms with Gasteiger partial charge in [-0.1, -0.05) is 18.6 Å². The molecule has 2 saturated carbocycles. The van der Waals surface area contributed by atoms with E-state index in [9.17, 15) is 4.79 Å². The van der Waals surface area contributed by atoms with Crippen molar-refractivity contribution in [2.24, 2.45) is 23.5 Å². The van der Waals surface area contributed by atoms with Gasteiger partial charge in [-0.15, -0.1) is 0 Å². The van der Waals surface area contributed by atoms with Crippen molar-refractivity contribution in [3.63, 3.8) is 0 Å². The van der Waals surface area contributed by atoms with Crippen LogP contribution in [0.2, 0.25) is 0 Å². The van der Waals surface area contributed by atoms with E-state index in [2.05, 4.69) is 17.0 Å². The highest BCUT2D eigenvalue weighted by atomic mass is 16.5. The van der Waals surface area contributed by atoms with Crippen molar-refractivity contribution < 1.29 is 9.53 Å². The smallest absolute Gasteiger partial charge is 0.248 e. The molecule has 4 rings (SSSR count). The minimum absolute atomic E-state index is 0.200. The molecule has 1 aliphatic heterocycles. The van der Waals surface area contributed by atoms with Gasteiger partial charge >= 0.3 is 0 Å². The second kappa shape index (κ2) is 6.16. The van der Waals surface area contributed by atoms with E-state index in [4.69, 9.17) is 10.5 Å². The number of rotatable bonds is 5. The Morgan fingerprint density at radius 1 is 1.17 bits per heavy atom. The Morgan fingerprint density at radius 3 is 2.29 bits per heavy atom. The van der Waals surface area contributed by atoms with Gasteiger partial charge in [0.1, 0.15) is 5.60 Å². The van der Waals surface area contributed by atoms with Crippen LogP contribution in [0, 0.1) is 17.8 Å². The fourth-order valence-electron chi connectivity index (χ4n) is 5.16. The Morgan fingerprint density at radius 2 is 1.79 bits per heavy atom. The fraction of sp³-hybridized carbons (Fsp3) is 0.650. The van der Waals surface area contributed by atoms with Crippen molar-refractivity contribution in [2.45, 2.75) is 37.7 Å². The number of ether oxygens (including phenoxy) is 1. The number of hydrogen-bond donors (Lipinski definition) is 1. The van der Waals surface area contributed by atoms with Crippen molar-refractivity contribution in [3.05, 3.63) is 35.4 Å². The molecule has 1 saturated heterocycles. The second-order valence-corrected chi connectivity index (χ2v) is 7.93. The quantitative estimate of drug-likeness (QED) is 0.904. The average Bonchev–Trinajstić information content (AvgIpc) is 3.38. The predicted octanol–water partition coefficient (Wildman–Crippen LogP) is 2.77. The first-order chi connectivity index (χ1) is 11.6. The third kappa shape index (κ3) is 2.66. The summed E-state index contributed by atoms with van der Waals surface area (Å²) in [4.78, 5) is 14.1. The summed E-state index contributed by atoms with van der Waals surface area (Å²) in [7, 11) is 1.86. The molecular weight excluding hydrogens is 300 g/mol. The first-order valence-corrected chi connectivity index (χ1v) is 9.31. The number of benzene rings is 1. The zero-order valence-corrected chi connectivity index (χ0v) is 14.5. The molecule has 1 aromatic carbocycles. The van der Waals surface area contributed by atoms with Gasteiger partial charge < -0.3 is 15.4 Å². The molecule has 1 heterocycles. The molecule has 4 heteroatoms. The third-order valence-corrected chi connectivity index (χ3v) is 6.45. The summed E-state index contributed by atoms with van der Waals surface area (Å²) in [5.41, 5.74) is 6.98. The molecule has 3 fully saturated rings. The monoisotopic (exact) mass is 328 g/mol. The lowest BCUT2D eigenvalue weighted by atomic mass is 9.62. The van der Waals surface area contributed by atoms with E-state index in [1.807, 2.05) is 19.2 Å². The summed E-state index contributed by atoms with van der Waals surface area (Å²) in [6.45, 7) is 3.55. The van der Waals surface area contributed by atoms with Crippen LogP contribution in [-0.2, 0) is 10.3 Å². The number of piperidine rings is 1. The lowest BCUT2D eigenvalue weighted by Crippen LogP contribution is -2.59. The number of fused-ring (bicyclic) bond motifs is 2. The van der Waals surface area contributed by atoms with Crippen LogP contribution in [0.1, 0.15) is 48.0 Å². The Balaban J connectivity index is 1.63. The molecule has 130 valence electrons. The Kier molecular flexibility index (Phi) is 4.13. The summed E-state index contributed by atoms with van der Waals surface area (Å²) >= 11 is 0. The molecular formula is C20H28N2O2. The number of methoxy groups -OCH3 is 1. The van der Waals surface area contributed by atoms with E-state index < -0.39 is 0 Å². The lowest BCUT2D eigenvalue weighted by Gasteiger charge is -2.55. The SMILES string of the molecule is CO[C@]1(c2ccc(C(N)=O)cc2)[C@@H]2CCC[C@H]1CN(CC1CC1)C2. The molecule has 3 atom stereocenters. The van der Waals surface area contributed by atoms with Crippen LogP contribution in [-0.4, -0.2) is 37.6 Å². The van der Waals surface area contributed by atoms with E-state index in [1.54, 1.807) is 0 Å². The number of likely N-dealkylation sites (tertiary alicyclic amines) is 1. The molecule has 1 amide bonds. The van der Waals surface area contributed by atoms with Gasteiger partial charge in [0, 0.05) is 44.1 Å². The minimum Gasteiger partial charge on any atom is -0.373 e. The third-order valence-electron chi connectivity index (χ3n) is 6.45. The van der Waals surface area contributed by atoms with Gasteiger partial charge in [-0.2, -0.15) is 0 Å². The van der Waals surface area contributed by atoms with Crippen LogP contribution in [0.15, 0.2) is 24.3 Å². The van der Waals surface area contributed by atoms with E-state index in [-0.39, 0.29) is 11.5 Å². The van der Waals surface area contributed by atoms with Crippen LogP contribution >= 0.6 is 0 Å². The number of carbonyl (C=O) groups is 1. The first-order valence-electron chi connectivity index (χ1n) is 9.31. The summed E-state index contributed by atoms with van der Waals surface area (Å²) in [6.07, 6.45) is 6.58. The number of carbonyl (C=O) groups excluding carboxylic acids is 1. The van der Waals surface area contributed by atoms with E-state index >= 15 is 0 Å². The molecule has 0 spiro atoms. The van der Waals surface area contributed by atoms with Crippen LogP contribution < -0.4 is 5.73 Å². The first kappa shape index (κ1) is 16.1. The Hall–Kier alpha value is -1.39. The highest BCUT2D eigenvalue weighted by Gasteiger charge is 2.53. The molecule has 2 bridgehead atoms. The molecule has 24 heavy (non-hydrogen) atoms. The van der Waals surface area contributed by atoms with E-state index in [0.717, 1.165) is 19.0 Å². The number of primary amides is 1.